The molecule has 0 aromatic heterocycles. The minimum Gasteiger partial charge on any atom is -0.391 e. The van der Waals surface area contributed by atoms with E-state index >= 15 is 0 Å². The summed E-state index contributed by atoms with van der Waals surface area (Å²) in [6.07, 6.45) is 4.78. The van der Waals surface area contributed by atoms with Crippen LogP contribution in [0.25, 0.3) is 0 Å². The van der Waals surface area contributed by atoms with Crippen LogP contribution in [0.1, 0.15) is 32.6 Å². The van der Waals surface area contributed by atoms with Crippen molar-refractivity contribution in [2.24, 2.45) is 5.16 Å². The maximum atomic E-state index is 5.12. The molecule has 0 saturated carbocycles. The van der Waals surface area contributed by atoms with Crippen LogP contribution >= 0.6 is 12.6 Å². The van der Waals surface area contributed by atoms with Gasteiger partial charge in [-0.1, -0.05) is 18.5 Å². The summed E-state index contributed by atoms with van der Waals surface area (Å²) in [5.74, 6) is 0.777. The molecule has 0 bridgehead atoms. The fraction of sp³-hybridized carbons (Fsp3) is 0.875. The molecule has 0 saturated heterocycles. The average molecular weight is 173 g/mol. The number of hydrogen-bond acceptors (Lipinski definition) is 3. The van der Waals surface area contributed by atoms with Crippen LogP contribution in [0.4, 0.5) is 0 Å². The number of hydrogen-bond donors (Lipinski definition) is 1. The van der Waals surface area contributed by atoms with Crippen LogP contribution in [0.2, 0.25) is 0 Å². The van der Waals surface area contributed by atoms with Gasteiger partial charge in [0.05, 0.1) is 5.71 Å². The van der Waals surface area contributed by atoms with Crippen molar-refractivity contribution in [1.82, 2.24) is 0 Å². The molecule has 1 unspecified atom stereocenters. The Labute approximate surface area is 73.4 Å². The predicted molar refractivity (Wildman–Crippen MR) is 50.3 cm³/mol. The first-order valence-corrected chi connectivity index (χ1v) is 4.82. The topological polar surface area (TPSA) is 21.6 Å². The van der Waals surface area contributed by atoms with Gasteiger partial charge in [0, 0.05) is 12.2 Å². The van der Waals surface area contributed by atoms with Crippen molar-refractivity contribution in [2.45, 2.75) is 38.7 Å². The van der Waals surface area contributed by atoms with Crippen LogP contribution in [-0.4, -0.2) is 17.6 Å². The summed E-state index contributed by atoms with van der Waals surface area (Å²) in [4.78, 5) is 5.12. The van der Waals surface area contributed by atoms with Crippen molar-refractivity contribution in [1.29, 1.82) is 0 Å². The molecule has 11 heavy (non-hydrogen) atoms. The predicted octanol–water partition coefficient (Wildman–Crippen LogP) is 2.25. The summed E-state index contributed by atoms with van der Waals surface area (Å²) in [7, 11) is 0. The van der Waals surface area contributed by atoms with E-state index in [1.165, 1.54) is 18.6 Å². The first-order valence-electron chi connectivity index (χ1n) is 4.19. The van der Waals surface area contributed by atoms with Crippen molar-refractivity contribution in [3.63, 3.8) is 0 Å². The summed E-state index contributed by atoms with van der Waals surface area (Å²) in [6, 6.07) is 0. The zero-order valence-electron chi connectivity index (χ0n) is 6.92. The lowest BCUT2D eigenvalue weighted by Crippen LogP contribution is -2.08. The van der Waals surface area contributed by atoms with E-state index in [4.69, 9.17) is 4.84 Å². The third kappa shape index (κ3) is 2.73. The first-order chi connectivity index (χ1) is 5.36. The van der Waals surface area contributed by atoms with Crippen molar-refractivity contribution in [3.05, 3.63) is 0 Å². The van der Waals surface area contributed by atoms with Crippen LogP contribution in [0.5, 0.6) is 0 Å². The molecule has 0 fully saturated rings. The molecule has 0 amide bonds. The second-order valence-corrected chi connectivity index (χ2v) is 3.24. The molecule has 0 N–H and O–H groups in total. The molecule has 1 aliphatic rings. The Balaban J connectivity index is 2.17. The van der Waals surface area contributed by atoms with Gasteiger partial charge in [-0.05, 0) is 12.8 Å². The van der Waals surface area contributed by atoms with E-state index in [0.717, 1.165) is 18.6 Å². The van der Waals surface area contributed by atoms with Gasteiger partial charge in [-0.3, -0.25) is 0 Å². The fourth-order valence-corrected chi connectivity index (χ4v) is 1.31. The van der Waals surface area contributed by atoms with Gasteiger partial charge < -0.3 is 4.84 Å². The molecular weight excluding hydrogens is 158 g/mol. The van der Waals surface area contributed by atoms with Gasteiger partial charge in [0.25, 0.3) is 0 Å². The first kappa shape index (κ1) is 8.91. The summed E-state index contributed by atoms with van der Waals surface area (Å²) in [5.41, 5.74) is 1.21. The summed E-state index contributed by atoms with van der Waals surface area (Å²) >= 11 is 4.15. The van der Waals surface area contributed by atoms with Gasteiger partial charge >= 0.3 is 0 Å². The minimum atomic E-state index is 0.241. The SMILES string of the molecule is CCCCC1=NOC(CS)C1. The third-order valence-corrected chi connectivity index (χ3v) is 2.22. The van der Waals surface area contributed by atoms with E-state index in [1.807, 2.05) is 0 Å². The number of unbranched alkanes of at least 4 members (excludes halogenated alkanes) is 1. The lowest BCUT2D eigenvalue weighted by Gasteiger charge is -2.00. The molecule has 0 aromatic rings. The second kappa shape index (κ2) is 4.65. The molecule has 1 heterocycles. The van der Waals surface area contributed by atoms with Gasteiger partial charge in [0.2, 0.25) is 0 Å². The molecule has 1 rings (SSSR count). The maximum Gasteiger partial charge on any atom is 0.141 e. The lowest BCUT2D eigenvalue weighted by atomic mass is 10.1. The highest BCUT2D eigenvalue weighted by Gasteiger charge is 2.18. The number of nitrogens with zero attached hydrogens (tertiary/aromatic N) is 1. The number of oxime groups is 1. The fourth-order valence-electron chi connectivity index (χ4n) is 1.11. The molecule has 64 valence electrons. The average Bonchev–Trinajstić information content (AvgIpc) is 2.48. The molecular formula is C8H15NOS. The van der Waals surface area contributed by atoms with E-state index < -0.39 is 0 Å². The Kier molecular flexibility index (Phi) is 3.77. The summed E-state index contributed by atoms with van der Waals surface area (Å²) in [5, 5.41) is 3.99. The molecule has 0 aliphatic carbocycles. The van der Waals surface area contributed by atoms with Crippen molar-refractivity contribution < 1.29 is 4.84 Å². The normalized spacial score (nSPS) is 23.1. The van der Waals surface area contributed by atoms with Crippen LogP contribution in [-0.2, 0) is 4.84 Å². The Hall–Kier alpha value is -0.180. The largest absolute Gasteiger partial charge is 0.391 e. The van der Waals surface area contributed by atoms with E-state index in [0.29, 0.717) is 0 Å². The Morgan fingerprint density at radius 3 is 3.09 bits per heavy atom. The molecule has 1 atom stereocenters. The minimum absolute atomic E-state index is 0.241. The summed E-state index contributed by atoms with van der Waals surface area (Å²) < 4.78 is 0. The van der Waals surface area contributed by atoms with E-state index in [9.17, 15) is 0 Å². The molecule has 0 aromatic carbocycles. The van der Waals surface area contributed by atoms with E-state index in [-0.39, 0.29) is 6.10 Å². The highest BCUT2D eigenvalue weighted by atomic mass is 32.1. The van der Waals surface area contributed by atoms with Gasteiger partial charge in [0.1, 0.15) is 6.10 Å². The molecule has 0 spiro atoms. The molecule has 2 nitrogen and oxygen atoms in total. The second-order valence-electron chi connectivity index (χ2n) is 2.88. The van der Waals surface area contributed by atoms with Crippen LogP contribution in [0.15, 0.2) is 5.16 Å². The third-order valence-electron chi connectivity index (χ3n) is 1.82. The standard InChI is InChI=1S/C8H15NOS/c1-2-3-4-7-5-8(6-11)10-9-7/h8,11H,2-6H2,1H3. The molecule has 3 heteroatoms. The van der Waals surface area contributed by atoms with Crippen LogP contribution < -0.4 is 0 Å². The van der Waals surface area contributed by atoms with Crippen molar-refractivity contribution in [2.75, 3.05) is 5.75 Å². The van der Waals surface area contributed by atoms with Crippen molar-refractivity contribution >= 4 is 18.3 Å². The molecule has 1 aliphatic heterocycles. The quantitative estimate of drug-likeness (QED) is 0.647. The number of thiol groups is 1. The van der Waals surface area contributed by atoms with Crippen LogP contribution in [0, 0.1) is 0 Å². The van der Waals surface area contributed by atoms with Gasteiger partial charge in [-0.2, -0.15) is 12.6 Å². The zero-order valence-corrected chi connectivity index (χ0v) is 7.81. The lowest BCUT2D eigenvalue weighted by molar-refractivity contribution is 0.103. The van der Waals surface area contributed by atoms with E-state index in [1.54, 1.807) is 0 Å². The summed E-state index contributed by atoms with van der Waals surface area (Å²) in [6.45, 7) is 2.19. The van der Waals surface area contributed by atoms with Gasteiger partial charge in [-0.25, -0.2) is 0 Å². The van der Waals surface area contributed by atoms with Gasteiger partial charge in [-0.15, -0.1) is 0 Å². The van der Waals surface area contributed by atoms with Gasteiger partial charge in [0.15, 0.2) is 0 Å². The highest BCUT2D eigenvalue weighted by Crippen LogP contribution is 2.15. The van der Waals surface area contributed by atoms with E-state index in [2.05, 4.69) is 24.7 Å². The Bertz CT molecular complexity index is 147. The monoisotopic (exact) mass is 173 g/mol. The number of rotatable bonds is 4. The smallest absolute Gasteiger partial charge is 0.141 e. The Morgan fingerprint density at radius 1 is 1.73 bits per heavy atom. The maximum absolute atomic E-state index is 5.12. The zero-order chi connectivity index (χ0) is 8.10. The Morgan fingerprint density at radius 2 is 2.55 bits per heavy atom. The van der Waals surface area contributed by atoms with Crippen LogP contribution in [0.3, 0.4) is 0 Å². The molecule has 0 radical (unpaired) electrons. The van der Waals surface area contributed by atoms with Crippen molar-refractivity contribution in [3.8, 4) is 0 Å². The highest BCUT2D eigenvalue weighted by molar-refractivity contribution is 7.80.